The van der Waals surface area contributed by atoms with Gasteiger partial charge in [-0.15, -0.1) is 0 Å². The van der Waals surface area contributed by atoms with Gasteiger partial charge in [-0.3, -0.25) is 4.79 Å². The Bertz CT molecular complexity index is 918. The van der Waals surface area contributed by atoms with Gasteiger partial charge in [0.05, 0.1) is 17.9 Å². The van der Waals surface area contributed by atoms with E-state index in [2.05, 4.69) is 34.2 Å². The molecule has 0 unspecified atom stereocenters. The molecule has 0 spiro atoms. The number of rotatable bonds is 6. The van der Waals surface area contributed by atoms with E-state index in [0.29, 0.717) is 23.2 Å². The number of benzene rings is 1. The average Bonchev–Trinajstić information content (AvgIpc) is 3.07. The Morgan fingerprint density at radius 2 is 2.00 bits per heavy atom. The standard InChI is InChI=1S/C20H23N5O2/c1-13(2)10-18-21-19(27-24-18)12-25(4)20(26)16-7-5-6-15(11-16)17-9-8-14(3)22-23-17/h5-9,11,13H,10,12H2,1-4H3. The minimum absolute atomic E-state index is 0.125. The number of aryl methyl sites for hydroxylation is 1. The number of nitrogens with zero attached hydrogens (tertiary/aromatic N) is 5. The minimum Gasteiger partial charge on any atom is -0.337 e. The van der Waals surface area contributed by atoms with Crippen molar-refractivity contribution in [3.05, 3.63) is 59.4 Å². The predicted molar refractivity (Wildman–Crippen MR) is 101 cm³/mol. The van der Waals surface area contributed by atoms with E-state index in [0.717, 1.165) is 23.4 Å². The van der Waals surface area contributed by atoms with Gasteiger partial charge in [0.25, 0.3) is 5.91 Å². The quantitative estimate of drug-likeness (QED) is 0.666. The largest absolute Gasteiger partial charge is 0.337 e. The van der Waals surface area contributed by atoms with Crippen LogP contribution in [0.4, 0.5) is 0 Å². The maximum atomic E-state index is 12.8. The van der Waals surface area contributed by atoms with Gasteiger partial charge in [0.1, 0.15) is 0 Å². The maximum absolute atomic E-state index is 12.8. The topological polar surface area (TPSA) is 85.0 Å². The van der Waals surface area contributed by atoms with E-state index in [4.69, 9.17) is 4.52 Å². The van der Waals surface area contributed by atoms with Crippen LogP contribution in [-0.4, -0.2) is 38.2 Å². The summed E-state index contributed by atoms with van der Waals surface area (Å²) in [6.45, 7) is 6.34. The first-order valence-corrected chi connectivity index (χ1v) is 8.90. The van der Waals surface area contributed by atoms with Crippen LogP contribution in [0.15, 0.2) is 40.9 Å². The molecule has 3 aromatic rings. The van der Waals surface area contributed by atoms with Gasteiger partial charge in [0.15, 0.2) is 5.82 Å². The molecular weight excluding hydrogens is 342 g/mol. The Kier molecular flexibility index (Phi) is 5.59. The predicted octanol–water partition coefficient (Wildman–Crippen LogP) is 3.31. The van der Waals surface area contributed by atoms with Crippen LogP contribution in [0.5, 0.6) is 0 Å². The highest BCUT2D eigenvalue weighted by atomic mass is 16.5. The van der Waals surface area contributed by atoms with E-state index >= 15 is 0 Å². The van der Waals surface area contributed by atoms with Gasteiger partial charge < -0.3 is 9.42 Å². The first-order valence-electron chi connectivity index (χ1n) is 8.90. The number of carbonyl (C=O) groups excluding carboxylic acids is 1. The van der Waals surface area contributed by atoms with Crippen molar-refractivity contribution in [2.45, 2.75) is 33.7 Å². The summed E-state index contributed by atoms with van der Waals surface area (Å²) < 4.78 is 5.25. The highest BCUT2D eigenvalue weighted by Gasteiger charge is 2.17. The van der Waals surface area contributed by atoms with Crippen molar-refractivity contribution in [2.75, 3.05) is 7.05 Å². The number of amides is 1. The van der Waals surface area contributed by atoms with Crippen molar-refractivity contribution in [1.29, 1.82) is 0 Å². The summed E-state index contributed by atoms with van der Waals surface area (Å²) in [5, 5.41) is 12.2. The lowest BCUT2D eigenvalue weighted by molar-refractivity contribution is 0.0769. The summed E-state index contributed by atoms with van der Waals surface area (Å²) in [6, 6.07) is 11.1. The van der Waals surface area contributed by atoms with Crippen LogP contribution < -0.4 is 0 Å². The summed E-state index contributed by atoms with van der Waals surface area (Å²) in [4.78, 5) is 18.7. The van der Waals surface area contributed by atoms with E-state index in [1.807, 2.05) is 37.3 Å². The highest BCUT2D eigenvalue weighted by molar-refractivity contribution is 5.95. The molecule has 0 aliphatic rings. The summed E-state index contributed by atoms with van der Waals surface area (Å²) in [7, 11) is 1.72. The number of hydrogen-bond acceptors (Lipinski definition) is 6. The summed E-state index contributed by atoms with van der Waals surface area (Å²) >= 11 is 0. The fourth-order valence-electron chi connectivity index (χ4n) is 2.66. The first kappa shape index (κ1) is 18.7. The van der Waals surface area contributed by atoms with Gasteiger partial charge in [-0.2, -0.15) is 15.2 Å². The lowest BCUT2D eigenvalue weighted by Gasteiger charge is -2.15. The van der Waals surface area contributed by atoms with Crippen LogP contribution in [0, 0.1) is 12.8 Å². The SMILES string of the molecule is Cc1ccc(-c2cccc(C(=O)N(C)Cc3nc(CC(C)C)no3)c2)nn1. The van der Waals surface area contributed by atoms with E-state index in [1.54, 1.807) is 18.0 Å². The van der Waals surface area contributed by atoms with E-state index in [9.17, 15) is 4.79 Å². The third-order valence-electron chi connectivity index (χ3n) is 4.02. The van der Waals surface area contributed by atoms with Crippen molar-refractivity contribution in [3.8, 4) is 11.3 Å². The molecule has 1 aromatic carbocycles. The number of hydrogen-bond donors (Lipinski definition) is 0. The van der Waals surface area contributed by atoms with Crippen molar-refractivity contribution in [2.24, 2.45) is 5.92 Å². The van der Waals surface area contributed by atoms with Crippen molar-refractivity contribution in [3.63, 3.8) is 0 Å². The van der Waals surface area contributed by atoms with Crippen molar-refractivity contribution >= 4 is 5.91 Å². The molecule has 0 fully saturated rings. The third-order valence-corrected chi connectivity index (χ3v) is 4.02. The summed E-state index contributed by atoms with van der Waals surface area (Å²) in [5.41, 5.74) is 2.99. The molecule has 27 heavy (non-hydrogen) atoms. The Labute approximate surface area is 158 Å². The van der Waals surface area contributed by atoms with E-state index in [1.165, 1.54) is 0 Å². The molecule has 0 atom stereocenters. The van der Waals surface area contributed by atoms with Crippen molar-refractivity contribution < 1.29 is 9.32 Å². The molecule has 7 nitrogen and oxygen atoms in total. The second-order valence-electron chi connectivity index (χ2n) is 7.00. The zero-order valence-corrected chi connectivity index (χ0v) is 16.0. The van der Waals surface area contributed by atoms with Gasteiger partial charge in [-0.05, 0) is 37.1 Å². The number of aromatic nitrogens is 4. The first-order chi connectivity index (χ1) is 12.9. The monoisotopic (exact) mass is 365 g/mol. The summed E-state index contributed by atoms with van der Waals surface area (Å²) in [5.74, 6) is 1.42. The molecule has 0 aliphatic carbocycles. The molecule has 0 bridgehead atoms. The second-order valence-corrected chi connectivity index (χ2v) is 7.00. The van der Waals surface area contributed by atoms with Gasteiger partial charge in [-0.25, -0.2) is 0 Å². The van der Waals surface area contributed by atoms with Crippen LogP contribution in [0.1, 0.15) is 41.6 Å². The molecule has 0 radical (unpaired) electrons. The van der Waals surface area contributed by atoms with E-state index < -0.39 is 0 Å². The van der Waals surface area contributed by atoms with Gasteiger partial charge >= 0.3 is 0 Å². The summed E-state index contributed by atoms with van der Waals surface area (Å²) in [6.07, 6.45) is 0.751. The Balaban J connectivity index is 1.72. The Morgan fingerprint density at radius 1 is 1.19 bits per heavy atom. The smallest absolute Gasteiger partial charge is 0.254 e. The molecule has 0 N–H and O–H groups in total. The minimum atomic E-state index is -0.125. The fraction of sp³-hybridized carbons (Fsp3) is 0.350. The normalized spacial score (nSPS) is 11.0. The van der Waals surface area contributed by atoms with Gasteiger partial charge in [-0.1, -0.05) is 31.1 Å². The molecule has 7 heteroatoms. The zero-order valence-electron chi connectivity index (χ0n) is 16.0. The number of carbonyl (C=O) groups is 1. The van der Waals surface area contributed by atoms with Gasteiger partial charge in [0, 0.05) is 24.6 Å². The maximum Gasteiger partial charge on any atom is 0.254 e. The Hall–Kier alpha value is -3.09. The fourth-order valence-corrected chi connectivity index (χ4v) is 2.66. The molecule has 0 saturated heterocycles. The second kappa shape index (κ2) is 8.07. The highest BCUT2D eigenvalue weighted by Crippen LogP contribution is 2.19. The molecule has 2 heterocycles. The molecule has 2 aromatic heterocycles. The van der Waals surface area contributed by atoms with Crippen LogP contribution >= 0.6 is 0 Å². The van der Waals surface area contributed by atoms with Crippen LogP contribution in [0.25, 0.3) is 11.3 Å². The van der Waals surface area contributed by atoms with Crippen molar-refractivity contribution in [1.82, 2.24) is 25.2 Å². The van der Waals surface area contributed by atoms with Crippen LogP contribution in [0.3, 0.4) is 0 Å². The molecule has 0 aliphatic heterocycles. The average molecular weight is 365 g/mol. The lowest BCUT2D eigenvalue weighted by atomic mass is 10.1. The molecule has 1 amide bonds. The van der Waals surface area contributed by atoms with Crippen LogP contribution in [0.2, 0.25) is 0 Å². The lowest BCUT2D eigenvalue weighted by Crippen LogP contribution is -2.26. The Morgan fingerprint density at radius 3 is 2.70 bits per heavy atom. The molecular formula is C20H23N5O2. The molecule has 0 saturated carbocycles. The van der Waals surface area contributed by atoms with Crippen LogP contribution in [-0.2, 0) is 13.0 Å². The van der Waals surface area contributed by atoms with Gasteiger partial charge in [0.2, 0.25) is 5.89 Å². The molecule has 3 rings (SSSR count). The van der Waals surface area contributed by atoms with E-state index in [-0.39, 0.29) is 12.5 Å². The zero-order chi connectivity index (χ0) is 19.4. The third kappa shape index (κ3) is 4.75. The molecule has 140 valence electrons.